The van der Waals surface area contributed by atoms with Gasteiger partial charge in [0.15, 0.2) is 0 Å². The highest BCUT2D eigenvalue weighted by atomic mass is 35.5. The first-order valence-electron chi connectivity index (χ1n) is 6.63. The minimum absolute atomic E-state index is 0. The fourth-order valence-corrected chi connectivity index (χ4v) is 1.98. The first-order valence-corrected chi connectivity index (χ1v) is 6.63. The summed E-state index contributed by atoms with van der Waals surface area (Å²) in [6, 6.07) is 3.76. The predicted octanol–water partition coefficient (Wildman–Crippen LogP) is 1.38. The smallest absolute Gasteiger partial charge is 0.244 e. The van der Waals surface area contributed by atoms with Crippen LogP contribution in [-0.4, -0.2) is 55.1 Å². The van der Waals surface area contributed by atoms with Gasteiger partial charge in [0.05, 0.1) is 0 Å². The first kappa shape index (κ1) is 23.4. The average molecular weight is 370 g/mol. The molecule has 1 aliphatic heterocycles. The molecular formula is C14H23Cl3N4O. The molecule has 0 spiro atoms. The zero-order valence-electron chi connectivity index (χ0n) is 12.2. The Balaban J connectivity index is 0. The van der Waals surface area contributed by atoms with Crippen LogP contribution < -0.4 is 10.6 Å². The molecule has 5 nitrogen and oxygen atoms in total. The van der Waals surface area contributed by atoms with Crippen molar-refractivity contribution in [3.63, 3.8) is 0 Å². The van der Waals surface area contributed by atoms with Crippen molar-refractivity contribution in [3.05, 3.63) is 36.2 Å². The average Bonchev–Trinajstić information content (AvgIpc) is 2.47. The molecule has 0 aromatic carbocycles. The van der Waals surface area contributed by atoms with Crippen molar-refractivity contribution in [1.29, 1.82) is 0 Å². The molecule has 1 aromatic rings. The van der Waals surface area contributed by atoms with Gasteiger partial charge in [-0.1, -0.05) is 6.07 Å². The number of pyridine rings is 1. The lowest BCUT2D eigenvalue weighted by Crippen LogP contribution is -2.46. The standard InChI is InChI=1S/C14H20N4O.3ClH/c19-14(4-3-13-2-1-5-16-12-13)17-8-11-18-9-6-15-7-10-18;;;/h1-5,12,15H,6-11H2,(H,17,19);3*1H. The maximum atomic E-state index is 11.6. The lowest BCUT2D eigenvalue weighted by molar-refractivity contribution is -0.116. The summed E-state index contributed by atoms with van der Waals surface area (Å²) >= 11 is 0. The van der Waals surface area contributed by atoms with Crippen LogP contribution in [0.25, 0.3) is 6.08 Å². The molecule has 0 aliphatic carbocycles. The van der Waals surface area contributed by atoms with E-state index in [9.17, 15) is 4.79 Å². The third kappa shape index (κ3) is 9.23. The van der Waals surface area contributed by atoms with E-state index < -0.39 is 0 Å². The van der Waals surface area contributed by atoms with E-state index in [-0.39, 0.29) is 43.1 Å². The Labute approximate surface area is 150 Å². The second-order valence-electron chi connectivity index (χ2n) is 4.50. The summed E-state index contributed by atoms with van der Waals surface area (Å²) in [7, 11) is 0. The zero-order valence-corrected chi connectivity index (χ0v) is 14.7. The molecule has 0 saturated carbocycles. The second-order valence-corrected chi connectivity index (χ2v) is 4.50. The van der Waals surface area contributed by atoms with Crippen LogP contribution in [0.1, 0.15) is 5.56 Å². The van der Waals surface area contributed by atoms with Crippen LogP contribution in [0, 0.1) is 0 Å². The number of hydrogen-bond donors (Lipinski definition) is 2. The normalized spacial score (nSPS) is 14.4. The Hall–Kier alpha value is -0.850. The van der Waals surface area contributed by atoms with E-state index in [0.29, 0.717) is 6.54 Å². The summed E-state index contributed by atoms with van der Waals surface area (Å²) in [6.07, 6.45) is 6.76. The van der Waals surface area contributed by atoms with Crippen LogP contribution >= 0.6 is 37.2 Å². The fraction of sp³-hybridized carbons (Fsp3) is 0.429. The molecule has 1 fully saturated rings. The van der Waals surface area contributed by atoms with Gasteiger partial charge in [0.1, 0.15) is 0 Å². The Morgan fingerprint density at radius 3 is 2.68 bits per heavy atom. The third-order valence-corrected chi connectivity index (χ3v) is 3.05. The van der Waals surface area contributed by atoms with Gasteiger partial charge >= 0.3 is 0 Å². The van der Waals surface area contributed by atoms with E-state index >= 15 is 0 Å². The van der Waals surface area contributed by atoms with Gasteiger partial charge in [-0.05, 0) is 17.7 Å². The number of rotatable bonds is 5. The quantitative estimate of drug-likeness (QED) is 0.770. The van der Waals surface area contributed by atoms with Crippen molar-refractivity contribution in [2.45, 2.75) is 0 Å². The minimum atomic E-state index is -0.0565. The van der Waals surface area contributed by atoms with Crippen LogP contribution in [0.15, 0.2) is 30.6 Å². The molecule has 22 heavy (non-hydrogen) atoms. The van der Waals surface area contributed by atoms with Crippen LogP contribution in [0.2, 0.25) is 0 Å². The first-order chi connectivity index (χ1) is 9.34. The number of hydrogen-bond acceptors (Lipinski definition) is 4. The van der Waals surface area contributed by atoms with Gasteiger partial charge in [-0.15, -0.1) is 37.2 Å². The predicted molar refractivity (Wildman–Crippen MR) is 97.3 cm³/mol. The van der Waals surface area contributed by atoms with Crippen LogP contribution in [0.3, 0.4) is 0 Å². The maximum Gasteiger partial charge on any atom is 0.244 e. The van der Waals surface area contributed by atoms with Gasteiger partial charge in [0, 0.05) is 57.7 Å². The molecule has 1 amide bonds. The number of aromatic nitrogens is 1. The van der Waals surface area contributed by atoms with Gasteiger partial charge in [0.2, 0.25) is 5.91 Å². The van der Waals surface area contributed by atoms with Crippen molar-refractivity contribution < 1.29 is 4.79 Å². The summed E-state index contributed by atoms with van der Waals surface area (Å²) in [4.78, 5) is 17.9. The van der Waals surface area contributed by atoms with Gasteiger partial charge in [-0.2, -0.15) is 0 Å². The van der Waals surface area contributed by atoms with E-state index in [2.05, 4.69) is 20.5 Å². The summed E-state index contributed by atoms with van der Waals surface area (Å²) < 4.78 is 0. The Bertz CT molecular complexity index is 425. The number of nitrogens with one attached hydrogen (secondary N) is 2. The Kier molecular flexibility index (Phi) is 14.7. The SMILES string of the molecule is Cl.Cl.Cl.O=C(C=Cc1cccnc1)NCCN1CCNCC1. The summed E-state index contributed by atoms with van der Waals surface area (Å²) in [6.45, 7) is 5.79. The Morgan fingerprint density at radius 2 is 2.05 bits per heavy atom. The molecule has 0 radical (unpaired) electrons. The molecule has 2 rings (SSSR count). The number of carbonyl (C=O) groups is 1. The van der Waals surface area contributed by atoms with Gasteiger partial charge in [0.25, 0.3) is 0 Å². The molecule has 2 heterocycles. The monoisotopic (exact) mass is 368 g/mol. The molecule has 0 bridgehead atoms. The number of halogens is 3. The second kappa shape index (κ2) is 13.8. The lowest BCUT2D eigenvalue weighted by atomic mass is 10.2. The van der Waals surface area contributed by atoms with Gasteiger partial charge in [-0.3, -0.25) is 14.7 Å². The molecule has 0 unspecified atom stereocenters. The maximum absolute atomic E-state index is 11.6. The van der Waals surface area contributed by atoms with E-state index in [0.717, 1.165) is 38.3 Å². The zero-order chi connectivity index (χ0) is 13.3. The third-order valence-electron chi connectivity index (χ3n) is 3.05. The van der Waals surface area contributed by atoms with Crippen LogP contribution in [-0.2, 0) is 4.79 Å². The number of carbonyl (C=O) groups excluding carboxylic acids is 1. The molecular weight excluding hydrogens is 347 g/mol. The summed E-state index contributed by atoms with van der Waals surface area (Å²) in [5.41, 5.74) is 0.930. The van der Waals surface area contributed by atoms with Crippen molar-refractivity contribution in [2.75, 3.05) is 39.3 Å². The van der Waals surface area contributed by atoms with E-state index in [4.69, 9.17) is 0 Å². The highest BCUT2D eigenvalue weighted by molar-refractivity contribution is 5.91. The molecule has 8 heteroatoms. The summed E-state index contributed by atoms with van der Waals surface area (Å²) in [5.74, 6) is -0.0565. The highest BCUT2D eigenvalue weighted by Gasteiger charge is 2.08. The van der Waals surface area contributed by atoms with Crippen molar-refractivity contribution >= 4 is 49.2 Å². The lowest BCUT2D eigenvalue weighted by Gasteiger charge is -2.26. The van der Waals surface area contributed by atoms with Crippen molar-refractivity contribution in [1.82, 2.24) is 20.5 Å². The van der Waals surface area contributed by atoms with Crippen molar-refractivity contribution in [2.24, 2.45) is 0 Å². The minimum Gasteiger partial charge on any atom is -0.351 e. The molecule has 1 aromatic heterocycles. The van der Waals surface area contributed by atoms with Crippen LogP contribution in [0.5, 0.6) is 0 Å². The van der Waals surface area contributed by atoms with E-state index in [1.807, 2.05) is 12.1 Å². The molecule has 2 N–H and O–H groups in total. The van der Waals surface area contributed by atoms with Crippen molar-refractivity contribution in [3.8, 4) is 0 Å². The van der Waals surface area contributed by atoms with Crippen LogP contribution in [0.4, 0.5) is 0 Å². The number of amides is 1. The molecule has 126 valence electrons. The number of nitrogens with zero attached hydrogens (tertiary/aromatic N) is 2. The van der Waals surface area contributed by atoms with Gasteiger partial charge in [-0.25, -0.2) is 0 Å². The largest absolute Gasteiger partial charge is 0.351 e. The highest BCUT2D eigenvalue weighted by Crippen LogP contribution is 1.97. The fourth-order valence-electron chi connectivity index (χ4n) is 1.98. The summed E-state index contributed by atoms with van der Waals surface area (Å²) in [5, 5.41) is 6.20. The molecule has 1 aliphatic rings. The van der Waals surface area contributed by atoms with E-state index in [1.54, 1.807) is 24.5 Å². The Morgan fingerprint density at radius 1 is 1.32 bits per heavy atom. The molecule has 0 atom stereocenters. The molecule has 1 saturated heterocycles. The van der Waals surface area contributed by atoms with E-state index in [1.165, 1.54) is 0 Å². The number of piperazine rings is 1. The van der Waals surface area contributed by atoms with Gasteiger partial charge < -0.3 is 10.6 Å². The topological polar surface area (TPSA) is 57.3 Å².